The van der Waals surface area contributed by atoms with Gasteiger partial charge in [-0.05, 0) is 55.6 Å². The fraction of sp³-hybridized carbons (Fsp3) is 0.333. The van der Waals surface area contributed by atoms with E-state index >= 15 is 0 Å². The van der Waals surface area contributed by atoms with Crippen molar-refractivity contribution in [1.82, 2.24) is 0 Å². The number of rotatable bonds is 0. The molecule has 0 saturated carbocycles. The van der Waals surface area contributed by atoms with Gasteiger partial charge in [-0.3, -0.25) is 0 Å². The first-order valence-corrected chi connectivity index (χ1v) is 16.3. The van der Waals surface area contributed by atoms with Crippen LogP contribution in [0.2, 0.25) is 0 Å². The molecule has 6 bridgehead atoms. The maximum Gasteiger partial charge on any atom is 0.0257 e. The molecule has 38 heavy (non-hydrogen) atoms. The Morgan fingerprint density at radius 1 is 0.421 bits per heavy atom. The molecule has 4 aromatic carbocycles. The SMILES string of the molecule is CC12c3cc4ccc3[C@@]3(C)c5ccccc5[C@@](C)(c5ccc(cc51)CSCc1ccc(cc1)CSC4)C23C. The van der Waals surface area contributed by atoms with Crippen molar-refractivity contribution in [3.8, 4) is 0 Å². The predicted octanol–water partition coefficient (Wildman–Crippen LogP) is 9.13. The zero-order chi connectivity index (χ0) is 25.9. The van der Waals surface area contributed by atoms with E-state index in [2.05, 4.69) is 113 Å². The Hall–Kier alpha value is -2.42. The van der Waals surface area contributed by atoms with Crippen molar-refractivity contribution in [3.63, 3.8) is 0 Å². The van der Waals surface area contributed by atoms with Crippen molar-refractivity contribution in [3.05, 3.63) is 141 Å². The molecule has 0 aromatic heterocycles. The Kier molecular flexibility index (Phi) is 4.70. The fourth-order valence-electron chi connectivity index (χ4n) is 9.27. The highest BCUT2D eigenvalue weighted by Gasteiger charge is 2.79. The van der Waals surface area contributed by atoms with Crippen molar-refractivity contribution in [2.75, 3.05) is 0 Å². The van der Waals surface area contributed by atoms with Crippen molar-refractivity contribution >= 4 is 23.5 Å². The summed E-state index contributed by atoms with van der Waals surface area (Å²) in [6.07, 6.45) is 0. The van der Waals surface area contributed by atoms with Gasteiger partial charge in [-0.15, -0.1) is 0 Å². The summed E-state index contributed by atoms with van der Waals surface area (Å²) in [5.41, 5.74) is 14.9. The molecule has 4 atom stereocenters. The minimum Gasteiger partial charge on any atom is -0.152 e. The van der Waals surface area contributed by atoms with E-state index in [0.717, 1.165) is 23.0 Å². The van der Waals surface area contributed by atoms with Crippen LogP contribution in [0.15, 0.2) is 84.9 Å². The average molecular weight is 531 g/mol. The molecular formula is C36H34S2. The molecule has 0 radical (unpaired) electrons. The van der Waals surface area contributed by atoms with E-state index in [0.29, 0.717) is 0 Å². The number of thioether (sulfide) groups is 2. The van der Waals surface area contributed by atoms with E-state index in [9.17, 15) is 0 Å². The second-order valence-electron chi connectivity index (χ2n) is 12.6. The van der Waals surface area contributed by atoms with Gasteiger partial charge in [0.15, 0.2) is 0 Å². The Morgan fingerprint density at radius 3 is 1.21 bits per heavy atom. The normalized spacial score (nSPS) is 32.0. The first-order chi connectivity index (χ1) is 18.3. The van der Waals surface area contributed by atoms with Gasteiger partial charge in [-0.25, -0.2) is 0 Å². The highest BCUT2D eigenvalue weighted by atomic mass is 32.2. The molecule has 5 aliphatic rings. The molecule has 0 saturated heterocycles. The molecule has 0 spiro atoms. The van der Waals surface area contributed by atoms with Crippen molar-refractivity contribution < 1.29 is 0 Å². The van der Waals surface area contributed by atoms with Crippen LogP contribution in [-0.4, -0.2) is 0 Å². The van der Waals surface area contributed by atoms with E-state index in [1.54, 1.807) is 22.3 Å². The van der Waals surface area contributed by atoms with E-state index in [4.69, 9.17) is 0 Å². The third-order valence-corrected chi connectivity index (χ3v) is 13.6. The molecule has 2 heterocycles. The lowest BCUT2D eigenvalue weighted by Gasteiger charge is -2.49. The zero-order valence-electron chi connectivity index (χ0n) is 22.7. The number of hydrogen-bond acceptors (Lipinski definition) is 2. The summed E-state index contributed by atoms with van der Waals surface area (Å²) >= 11 is 4.08. The van der Waals surface area contributed by atoms with Gasteiger partial charge in [0.05, 0.1) is 0 Å². The van der Waals surface area contributed by atoms with Gasteiger partial charge in [0, 0.05) is 44.7 Å². The highest BCUT2D eigenvalue weighted by Crippen LogP contribution is 2.82. The Balaban J connectivity index is 1.41. The minimum atomic E-state index is -0.0544. The summed E-state index contributed by atoms with van der Waals surface area (Å²) in [6.45, 7) is 10.3. The minimum absolute atomic E-state index is 0.0143. The lowest BCUT2D eigenvalue weighted by Crippen LogP contribution is -2.51. The first-order valence-electron chi connectivity index (χ1n) is 13.9. The van der Waals surface area contributed by atoms with Crippen LogP contribution in [0.5, 0.6) is 0 Å². The topological polar surface area (TPSA) is 0 Å². The van der Waals surface area contributed by atoms with Crippen LogP contribution in [-0.2, 0) is 39.3 Å². The zero-order valence-corrected chi connectivity index (χ0v) is 24.4. The van der Waals surface area contributed by atoms with Gasteiger partial charge in [-0.1, -0.05) is 113 Å². The molecule has 0 N–H and O–H groups in total. The van der Waals surface area contributed by atoms with Gasteiger partial charge in [-0.2, -0.15) is 23.5 Å². The smallest absolute Gasteiger partial charge is 0.0257 e. The van der Waals surface area contributed by atoms with E-state index < -0.39 is 0 Å². The van der Waals surface area contributed by atoms with Crippen molar-refractivity contribution in [2.45, 2.75) is 67.0 Å². The molecular weight excluding hydrogens is 497 g/mol. The summed E-state index contributed by atoms with van der Waals surface area (Å²) in [7, 11) is 0. The lowest BCUT2D eigenvalue weighted by atomic mass is 9.52. The van der Waals surface area contributed by atoms with Gasteiger partial charge >= 0.3 is 0 Å². The fourth-order valence-corrected chi connectivity index (χ4v) is 11.2. The van der Waals surface area contributed by atoms with Crippen LogP contribution in [0.4, 0.5) is 0 Å². The number of benzene rings is 4. The lowest BCUT2D eigenvalue weighted by molar-refractivity contribution is 0.0997. The Labute approximate surface area is 235 Å². The molecule has 2 aliphatic heterocycles. The number of fused-ring (bicyclic) bond motifs is 11. The molecule has 0 amide bonds. The van der Waals surface area contributed by atoms with E-state index in [1.165, 1.54) is 33.4 Å². The van der Waals surface area contributed by atoms with Crippen LogP contribution in [0.1, 0.15) is 83.3 Å². The Bertz CT molecular complexity index is 1520. The highest BCUT2D eigenvalue weighted by molar-refractivity contribution is 7.98. The van der Waals surface area contributed by atoms with E-state index in [1.807, 2.05) is 23.5 Å². The van der Waals surface area contributed by atoms with E-state index in [-0.39, 0.29) is 21.7 Å². The third-order valence-electron chi connectivity index (χ3n) is 11.4. The maximum absolute atomic E-state index is 2.63. The summed E-state index contributed by atoms with van der Waals surface area (Å²) in [4.78, 5) is 0. The standard InChI is InChI=1S/C36H34S2/c1-33-27-7-5-6-8-28(27)34(2)30-16-14-26-18-32(30)35(3,36(33,34)4)31-17-25(13-15-29(31)33)21-37-19-23-9-11-24(12-10-23)20-38-22-26/h5-18H,19-22H2,1-4H3/t33-,34+,35?,36?. The number of hydrogen-bond donors (Lipinski definition) is 0. The van der Waals surface area contributed by atoms with Crippen LogP contribution >= 0.6 is 23.5 Å². The van der Waals surface area contributed by atoms with Gasteiger partial charge in [0.1, 0.15) is 0 Å². The first kappa shape index (κ1) is 23.5. The van der Waals surface area contributed by atoms with Crippen LogP contribution in [0.3, 0.4) is 0 Å². The van der Waals surface area contributed by atoms with Gasteiger partial charge in [0.2, 0.25) is 0 Å². The summed E-state index contributed by atoms with van der Waals surface area (Å²) in [5.74, 6) is 4.23. The van der Waals surface area contributed by atoms with Crippen LogP contribution in [0.25, 0.3) is 0 Å². The molecule has 0 fully saturated rings. The van der Waals surface area contributed by atoms with Crippen molar-refractivity contribution in [2.24, 2.45) is 5.41 Å². The molecule has 4 aromatic rings. The largest absolute Gasteiger partial charge is 0.152 e. The quantitative estimate of drug-likeness (QED) is 0.222. The summed E-state index contributed by atoms with van der Waals surface area (Å²) < 4.78 is 0. The average Bonchev–Trinajstić information content (AvgIpc) is 3.29. The molecule has 190 valence electrons. The van der Waals surface area contributed by atoms with Gasteiger partial charge < -0.3 is 0 Å². The monoisotopic (exact) mass is 530 g/mol. The third kappa shape index (κ3) is 2.49. The maximum atomic E-state index is 2.63. The molecule has 9 rings (SSSR count). The molecule has 2 unspecified atom stereocenters. The predicted molar refractivity (Wildman–Crippen MR) is 163 cm³/mol. The van der Waals surface area contributed by atoms with Crippen LogP contribution in [0, 0.1) is 5.41 Å². The molecule has 2 heteroatoms. The summed E-state index contributed by atoms with van der Waals surface area (Å²) in [5, 5.41) is 0. The van der Waals surface area contributed by atoms with Gasteiger partial charge in [0.25, 0.3) is 0 Å². The molecule has 3 aliphatic carbocycles. The van der Waals surface area contributed by atoms with Crippen LogP contribution < -0.4 is 0 Å². The summed E-state index contributed by atoms with van der Waals surface area (Å²) in [6, 6.07) is 33.7. The van der Waals surface area contributed by atoms with Crippen molar-refractivity contribution in [1.29, 1.82) is 0 Å². The second kappa shape index (κ2) is 7.61. The Morgan fingerprint density at radius 2 is 0.763 bits per heavy atom. The molecule has 0 nitrogen and oxygen atoms in total. The second-order valence-corrected chi connectivity index (χ2v) is 14.6.